The monoisotopic (exact) mass is 821 g/mol. The predicted molar refractivity (Wildman–Crippen MR) is 211 cm³/mol. The van der Waals surface area contributed by atoms with Crippen molar-refractivity contribution in [1.29, 1.82) is 0 Å². The van der Waals surface area contributed by atoms with E-state index in [-0.39, 0.29) is 42.7 Å². The van der Waals surface area contributed by atoms with Crippen molar-refractivity contribution in [2.45, 2.75) is 209 Å². The Morgan fingerprint density at radius 3 is 2.48 bits per heavy atom. The first kappa shape index (κ1) is 45.7. The molecule has 3 spiro atoms. The average Bonchev–Trinajstić information content (AvgIpc) is 3.56. The normalized spacial score (nSPS) is 44.6. The molecule has 14 nitrogen and oxygen atoms in total. The maximum absolute atomic E-state index is 11.5. The van der Waals surface area contributed by atoms with Gasteiger partial charge in [-0.2, -0.15) is 0 Å². The maximum atomic E-state index is 11.5. The Morgan fingerprint density at radius 2 is 1.76 bits per heavy atom. The number of quaternary nitrogens is 1. The Labute approximate surface area is 343 Å². The lowest BCUT2D eigenvalue weighted by molar-refractivity contribution is -0.336. The smallest absolute Gasteiger partial charge is 0.215 e. The second-order valence-electron chi connectivity index (χ2n) is 18.9. The van der Waals surface area contributed by atoms with E-state index in [1.807, 2.05) is 26.0 Å². The van der Waals surface area contributed by atoms with Crippen LogP contribution in [0.5, 0.6) is 0 Å². The van der Waals surface area contributed by atoms with E-state index in [0.717, 1.165) is 50.7 Å². The third-order valence-corrected chi connectivity index (χ3v) is 14.0. The van der Waals surface area contributed by atoms with E-state index in [1.165, 1.54) is 6.92 Å². The highest BCUT2D eigenvalue weighted by atomic mass is 16.7. The molecule has 7 aliphatic heterocycles. The van der Waals surface area contributed by atoms with Gasteiger partial charge in [0.05, 0.1) is 49.2 Å². The number of carbonyl (C=O) groups is 1. The lowest BCUT2D eigenvalue weighted by atomic mass is 9.79. The van der Waals surface area contributed by atoms with E-state index in [9.17, 15) is 30.3 Å². The summed E-state index contributed by atoms with van der Waals surface area (Å²) in [5, 5.41) is 56.0. The highest BCUT2D eigenvalue weighted by Crippen LogP contribution is 2.47. The second-order valence-corrected chi connectivity index (χ2v) is 18.9. The molecule has 7 rings (SSSR count). The van der Waals surface area contributed by atoms with E-state index in [1.54, 1.807) is 6.08 Å². The van der Waals surface area contributed by atoms with E-state index in [0.29, 0.717) is 56.4 Å². The Bertz CT molecular complexity index is 1510. The number of carboxylic acids is 1. The third kappa shape index (κ3) is 9.48. The van der Waals surface area contributed by atoms with Crippen molar-refractivity contribution in [3.63, 3.8) is 0 Å². The van der Waals surface area contributed by atoms with Crippen LogP contribution in [0.2, 0.25) is 0 Å². The van der Waals surface area contributed by atoms with Gasteiger partial charge in [-0.05, 0) is 95.1 Å². The molecule has 1 unspecified atom stereocenters. The van der Waals surface area contributed by atoms with Crippen LogP contribution in [0.25, 0.3) is 0 Å². The summed E-state index contributed by atoms with van der Waals surface area (Å²) >= 11 is 0. The number of carboxylic acid groups (broad SMARTS) is 1. The lowest BCUT2D eigenvalue weighted by Crippen LogP contribution is -2.60. The molecule has 0 amide bonds. The van der Waals surface area contributed by atoms with Gasteiger partial charge in [0.15, 0.2) is 11.6 Å². The lowest BCUT2D eigenvalue weighted by Gasteiger charge is -2.50. The molecule has 0 saturated carbocycles. The van der Waals surface area contributed by atoms with Crippen molar-refractivity contribution in [1.82, 2.24) is 6.15 Å². The molecule has 14 heteroatoms. The van der Waals surface area contributed by atoms with E-state index < -0.39 is 71.7 Å². The number of ether oxygens (including phenoxy) is 7. The summed E-state index contributed by atoms with van der Waals surface area (Å²) in [4.78, 5) is 11.5. The van der Waals surface area contributed by atoms with Crippen LogP contribution in [0.1, 0.15) is 125 Å². The van der Waals surface area contributed by atoms with Crippen molar-refractivity contribution in [2.24, 2.45) is 17.8 Å². The van der Waals surface area contributed by atoms with Crippen LogP contribution in [0.3, 0.4) is 0 Å². The Hall–Kier alpha value is -1.79. The van der Waals surface area contributed by atoms with Gasteiger partial charge in [0.1, 0.15) is 30.0 Å². The molecule has 0 bridgehead atoms. The van der Waals surface area contributed by atoms with Crippen LogP contribution < -0.4 is 11.3 Å². The summed E-state index contributed by atoms with van der Waals surface area (Å²) in [7, 11) is 0. The predicted octanol–water partition coefficient (Wildman–Crippen LogP) is 4.26. The zero-order valence-corrected chi connectivity index (χ0v) is 35.5. The molecule has 7 aliphatic rings. The van der Waals surface area contributed by atoms with E-state index in [4.69, 9.17) is 33.2 Å². The van der Waals surface area contributed by atoms with Crippen LogP contribution in [0.15, 0.2) is 36.0 Å². The molecule has 0 aliphatic carbocycles. The van der Waals surface area contributed by atoms with Crippen LogP contribution in [-0.2, 0) is 38.0 Å². The molecule has 6 saturated heterocycles. The zero-order valence-electron chi connectivity index (χ0n) is 35.5. The summed E-state index contributed by atoms with van der Waals surface area (Å²) in [5.74, 6) is -4.11. The van der Waals surface area contributed by atoms with Crippen molar-refractivity contribution in [3.8, 4) is 0 Å². The molecular weight excluding hydrogens is 750 g/mol. The molecule has 330 valence electrons. The Balaban J connectivity index is 0.00000567. The molecule has 7 heterocycles. The van der Waals surface area contributed by atoms with Gasteiger partial charge in [-0.15, -0.1) is 0 Å². The number of rotatable bonds is 10. The maximum Gasteiger partial charge on any atom is 0.215 e. The van der Waals surface area contributed by atoms with Crippen LogP contribution in [0, 0.1) is 17.8 Å². The first-order valence-corrected chi connectivity index (χ1v) is 21.6. The number of aliphatic hydroxyl groups excluding tert-OH is 3. The Morgan fingerprint density at radius 1 is 1.02 bits per heavy atom. The minimum absolute atomic E-state index is 0. The molecule has 6 fully saturated rings. The summed E-state index contributed by atoms with van der Waals surface area (Å²) in [5.41, 5.74) is -0.677. The van der Waals surface area contributed by atoms with Gasteiger partial charge in [0.25, 0.3) is 0 Å². The van der Waals surface area contributed by atoms with Gasteiger partial charge >= 0.3 is 0 Å². The summed E-state index contributed by atoms with van der Waals surface area (Å²) in [6.45, 7) is 14.4. The fourth-order valence-electron chi connectivity index (χ4n) is 10.5. The topological polar surface area (TPSA) is 222 Å². The zero-order chi connectivity index (χ0) is 40.9. The van der Waals surface area contributed by atoms with Gasteiger partial charge in [-0.1, -0.05) is 45.1 Å². The van der Waals surface area contributed by atoms with Gasteiger partial charge in [-0.25, -0.2) is 0 Å². The SMILES string of the molecule is C=C1[C@@H](O)[C@@H]2O[C@]3(CC[C@H](/C=C/[C@@H](C)[C@@H]4CC(C)=C[C@@]5(O[C@H](C[C@@](C)(O)C(=O)[O-])CC[C@H]5O)O4)O3)CC[C@H]2O[C@@H]1[C@@H](O)C[C@H](C)C1O[C@@]2(CCCCO2)CC[C@H]1C.[NH4+]. The molecule has 0 aromatic rings. The fourth-order valence-corrected chi connectivity index (χ4v) is 10.5. The third-order valence-electron chi connectivity index (χ3n) is 14.0. The van der Waals surface area contributed by atoms with Gasteiger partial charge < -0.3 is 69.6 Å². The second kappa shape index (κ2) is 17.9. The highest BCUT2D eigenvalue weighted by Gasteiger charge is 2.55. The molecule has 0 radical (unpaired) electrons. The first-order chi connectivity index (χ1) is 26.9. The van der Waals surface area contributed by atoms with Crippen molar-refractivity contribution < 1.29 is 63.5 Å². The Kier molecular flexibility index (Phi) is 14.1. The van der Waals surface area contributed by atoms with Crippen molar-refractivity contribution in [2.75, 3.05) is 6.61 Å². The fraction of sp³-hybridized carbons (Fsp3) is 0.841. The van der Waals surface area contributed by atoms with Gasteiger partial charge in [0, 0.05) is 38.0 Å². The molecule has 0 aromatic heterocycles. The van der Waals surface area contributed by atoms with Crippen LogP contribution in [0.4, 0.5) is 0 Å². The number of carbonyl (C=O) groups excluding carboxylic acids is 1. The van der Waals surface area contributed by atoms with Crippen molar-refractivity contribution in [3.05, 3.63) is 36.0 Å². The molecule has 0 aromatic carbocycles. The van der Waals surface area contributed by atoms with Crippen LogP contribution in [-0.4, -0.2) is 117 Å². The summed E-state index contributed by atoms with van der Waals surface area (Å²) < 4.78 is 45.2. The molecule has 58 heavy (non-hydrogen) atoms. The largest absolute Gasteiger partial charge is 0.547 e. The highest BCUT2D eigenvalue weighted by molar-refractivity contribution is 5.74. The quantitative estimate of drug-likeness (QED) is 0.195. The number of fused-ring (bicyclic) bond motifs is 1. The standard InChI is InChI=1S/C44H68O13.H3N/c1-25-21-34(55-44(23-25)35(46)12-11-31(54-44)24-41(6,50)40(48)49)26(2)9-10-30-14-18-43(53-30)19-15-33-39(57-43)36(47)29(5)38(52-33)32(45)22-28(4)37-27(3)13-17-42(56-37)16-7-8-20-51-42;/h9-10,23,26-28,30-39,45-47,50H,5,7-8,11-22,24H2,1-4,6H3,(H,48,49);1H3/b10-9+;/t26-,27-,28+,30+,31+,32+,33-,34+,35-,36-,37?,38+,39-,41-,42+,43-,44-;/m1./s1. The molecule has 17 atom stereocenters. The minimum atomic E-state index is -2.07. The first-order valence-electron chi connectivity index (χ1n) is 21.6. The van der Waals surface area contributed by atoms with E-state index >= 15 is 0 Å². The summed E-state index contributed by atoms with van der Waals surface area (Å²) in [6.07, 6.45) is 9.10. The van der Waals surface area contributed by atoms with Crippen molar-refractivity contribution >= 4 is 5.97 Å². The molecule has 8 N–H and O–H groups in total. The number of aliphatic carboxylic acids is 1. The average molecular weight is 822 g/mol. The van der Waals surface area contributed by atoms with Gasteiger partial charge in [0.2, 0.25) is 5.79 Å². The summed E-state index contributed by atoms with van der Waals surface area (Å²) in [6, 6.07) is 0. The number of aliphatic hydroxyl groups is 4. The van der Waals surface area contributed by atoms with E-state index in [2.05, 4.69) is 20.4 Å². The molecular formula is C44H71NO13. The minimum Gasteiger partial charge on any atom is -0.547 e. The van der Waals surface area contributed by atoms with Crippen LogP contribution >= 0.6 is 0 Å². The number of hydrogen-bond acceptors (Lipinski definition) is 13. The van der Waals surface area contributed by atoms with Gasteiger partial charge in [-0.3, -0.25) is 0 Å². The number of hydrogen-bond donors (Lipinski definition) is 5.